The maximum absolute atomic E-state index is 11.1. The quantitative estimate of drug-likeness (QED) is 0.0975. The number of hydrogen-bond acceptors (Lipinski definition) is 13. The number of non-ortho nitro benzene ring substituents is 1. The van der Waals surface area contributed by atoms with E-state index in [1.807, 2.05) is 0 Å². The van der Waals surface area contributed by atoms with E-state index in [9.17, 15) is 20.2 Å². The molecule has 0 amide bonds. The number of nitrogens with one attached hydrogen (secondary N) is 1. The number of nitro benzene ring substituents is 2. The summed E-state index contributed by atoms with van der Waals surface area (Å²) in [6.45, 7) is 6.11. The first-order valence-electron chi connectivity index (χ1n) is 11.9. The summed E-state index contributed by atoms with van der Waals surface area (Å²) in [4.78, 5) is 20.5. The van der Waals surface area contributed by atoms with Gasteiger partial charge in [-0.1, -0.05) is 0 Å². The van der Waals surface area contributed by atoms with Crippen LogP contribution in [0.4, 0.5) is 17.1 Å². The van der Waals surface area contributed by atoms with Crippen LogP contribution in [0.25, 0.3) is 0 Å². The number of anilines is 1. The summed E-state index contributed by atoms with van der Waals surface area (Å²) < 4.78 is 37.3. The average Bonchev–Trinajstić information content (AvgIpc) is 2.89. The van der Waals surface area contributed by atoms with Gasteiger partial charge in [-0.25, -0.2) is 0 Å². The number of ether oxygens (including phenoxy) is 7. The van der Waals surface area contributed by atoms with Gasteiger partial charge in [-0.15, -0.1) is 0 Å². The summed E-state index contributed by atoms with van der Waals surface area (Å²) in [6.07, 6.45) is 0. The molecule has 0 saturated carbocycles. The molecule has 0 spiro atoms. The molecule has 15 nitrogen and oxygen atoms in total. The highest BCUT2D eigenvalue weighted by Gasteiger charge is 2.18. The normalized spacial score (nSPS) is 11.1. The summed E-state index contributed by atoms with van der Waals surface area (Å²) in [5.74, 6) is 0. The maximum Gasteiger partial charge on any atom is 0.299 e. The Morgan fingerprint density at radius 2 is 1.03 bits per heavy atom. The predicted octanol–water partition coefficient (Wildman–Crippen LogP) is 1.02. The Hall–Kier alpha value is -2.50. The van der Waals surface area contributed by atoms with Gasteiger partial charge in [0, 0.05) is 12.6 Å². The largest absolute Gasteiger partial charge is 0.394 e. The summed E-state index contributed by atoms with van der Waals surface area (Å²) in [7, 11) is 0. The lowest BCUT2D eigenvalue weighted by Gasteiger charge is -2.09. The number of hydrogen-bond donors (Lipinski definition) is 2. The molecule has 0 fully saturated rings. The zero-order valence-electron chi connectivity index (χ0n) is 20.9. The SMILES string of the molecule is O=[N+]([O-])c1ccc(NCCOCCOCCOCCOCCOCCOCCOCCO)c([N+](=O)[O-])c1. The predicted molar refractivity (Wildman–Crippen MR) is 131 cm³/mol. The van der Waals surface area contributed by atoms with Crippen molar-refractivity contribution in [3.05, 3.63) is 38.4 Å². The highest BCUT2D eigenvalue weighted by molar-refractivity contribution is 5.65. The molecule has 1 aromatic rings. The van der Waals surface area contributed by atoms with E-state index in [1.54, 1.807) is 0 Å². The van der Waals surface area contributed by atoms with Crippen molar-refractivity contribution in [2.24, 2.45) is 0 Å². The maximum atomic E-state index is 11.1. The second-order valence-corrected chi connectivity index (χ2v) is 7.15. The highest BCUT2D eigenvalue weighted by Crippen LogP contribution is 2.28. The average molecular weight is 536 g/mol. The summed E-state index contributed by atoms with van der Waals surface area (Å²) in [5, 5.41) is 33.2. The number of nitro groups is 2. The van der Waals surface area contributed by atoms with Crippen LogP contribution in [-0.2, 0) is 33.2 Å². The minimum atomic E-state index is -0.683. The molecule has 0 atom stereocenters. The van der Waals surface area contributed by atoms with Crippen LogP contribution in [0, 0.1) is 20.2 Å². The van der Waals surface area contributed by atoms with E-state index in [2.05, 4.69) is 5.32 Å². The van der Waals surface area contributed by atoms with Gasteiger partial charge >= 0.3 is 0 Å². The van der Waals surface area contributed by atoms with Crippen LogP contribution in [0.2, 0.25) is 0 Å². The van der Waals surface area contributed by atoms with Crippen molar-refractivity contribution in [2.75, 3.05) is 111 Å². The van der Waals surface area contributed by atoms with E-state index < -0.39 is 9.85 Å². The Balaban J connectivity index is 1.84. The first kappa shape index (κ1) is 32.5. The summed E-state index contributed by atoms with van der Waals surface area (Å²) >= 11 is 0. The van der Waals surface area contributed by atoms with Crippen molar-refractivity contribution < 1.29 is 48.1 Å². The van der Waals surface area contributed by atoms with Gasteiger partial charge in [-0.2, -0.15) is 0 Å². The van der Waals surface area contributed by atoms with E-state index in [-0.39, 0.29) is 30.3 Å². The van der Waals surface area contributed by atoms with Crippen LogP contribution in [-0.4, -0.2) is 121 Å². The Labute approximate surface area is 215 Å². The van der Waals surface area contributed by atoms with E-state index in [0.717, 1.165) is 6.07 Å². The first-order chi connectivity index (χ1) is 18.1. The minimum Gasteiger partial charge on any atom is -0.394 e. The van der Waals surface area contributed by atoms with Crippen molar-refractivity contribution >= 4 is 17.1 Å². The molecule has 15 heteroatoms. The van der Waals surface area contributed by atoms with Crippen LogP contribution in [0.1, 0.15) is 0 Å². The molecule has 0 radical (unpaired) electrons. The van der Waals surface area contributed by atoms with Gasteiger partial charge in [0.2, 0.25) is 0 Å². The molecule has 0 unspecified atom stereocenters. The fourth-order valence-electron chi connectivity index (χ4n) is 2.68. The van der Waals surface area contributed by atoms with Crippen molar-refractivity contribution in [2.45, 2.75) is 0 Å². The van der Waals surface area contributed by atoms with Gasteiger partial charge in [0.15, 0.2) is 0 Å². The molecular weight excluding hydrogens is 498 g/mol. The molecule has 1 aromatic carbocycles. The standard InChI is InChI=1S/C22H37N3O12/c26-4-6-32-8-10-34-12-14-36-16-18-37-17-15-35-13-11-33-9-7-31-5-3-23-21-2-1-20(24(27)28)19-22(21)25(29)30/h1-2,19,23,26H,3-18H2. The molecule has 2 N–H and O–H groups in total. The van der Waals surface area contributed by atoms with E-state index in [1.165, 1.54) is 12.1 Å². The van der Waals surface area contributed by atoms with E-state index in [4.69, 9.17) is 38.3 Å². The number of aliphatic hydroxyl groups is 1. The number of rotatable bonds is 26. The van der Waals surface area contributed by atoms with Gasteiger partial charge in [0.25, 0.3) is 11.4 Å². The third-order valence-electron chi connectivity index (χ3n) is 4.42. The summed E-state index contributed by atoms with van der Waals surface area (Å²) in [5.41, 5.74) is -0.522. The zero-order chi connectivity index (χ0) is 27.0. The first-order valence-corrected chi connectivity index (χ1v) is 11.9. The molecule has 0 bridgehead atoms. The molecule has 1 rings (SSSR count). The van der Waals surface area contributed by atoms with Gasteiger partial charge in [0.05, 0.1) is 115 Å². The Kier molecular flexibility index (Phi) is 19.9. The monoisotopic (exact) mass is 535 g/mol. The minimum absolute atomic E-state index is 0.00694. The molecule has 212 valence electrons. The topological polar surface area (TPSA) is 183 Å². The molecule has 0 aromatic heterocycles. The van der Waals surface area contributed by atoms with Crippen LogP contribution < -0.4 is 5.32 Å². The highest BCUT2D eigenvalue weighted by atomic mass is 16.6. The van der Waals surface area contributed by atoms with Crippen LogP contribution in [0.15, 0.2) is 18.2 Å². The van der Waals surface area contributed by atoms with Gasteiger partial charge < -0.3 is 43.6 Å². The Bertz CT molecular complexity index is 741. The van der Waals surface area contributed by atoms with Crippen molar-refractivity contribution in [3.63, 3.8) is 0 Å². The number of benzene rings is 1. The second-order valence-electron chi connectivity index (χ2n) is 7.15. The van der Waals surface area contributed by atoms with Crippen molar-refractivity contribution in [3.8, 4) is 0 Å². The molecule has 0 aliphatic rings. The third-order valence-corrected chi connectivity index (χ3v) is 4.42. The van der Waals surface area contributed by atoms with E-state index >= 15 is 0 Å². The molecule has 0 aliphatic carbocycles. The van der Waals surface area contributed by atoms with Gasteiger partial charge in [-0.3, -0.25) is 20.2 Å². The fourth-order valence-corrected chi connectivity index (χ4v) is 2.68. The lowest BCUT2D eigenvalue weighted by molar-refractivity contribution is -0.393. The molecule has 0 saturated heterocycles. The van der Waals surface area contributed by atoms with Crippen LogP contribution in [0.5, 0.6) is 0 Å². The Morgan fingerprint density at radius 1 is 0.622 bits per heavy atom. The number of nitrogens with zero attached hydrogens (tertiary/aromatic N) is 2. The van der Waals surface area contributed by atoms with E-state index in [0.29, 0.717) is 92.4 Å². The molecule has 0 heterocycles. The molecule has 37 heavy (non-hydrogen) atoms. The van der Waals surface area contributed by atoms with Crippen molar-refractivity contribution in [1.29, 1.82) is 0 Å². The molecular formula is C22H37N3O12. The van der Waals surface area contributed by atoms with Crippen LogP contribution in [0.3, 0.4) is 0 Å². The molecule has 0 aliphatic heterocycles. The second kappa shape index (κ2) is 22.7. The van der Waals surface area contributed by atoms with Crippen LogP contribution >= 0.6 is 0 Å². The number of aliphatic hydroxyl groups excluding tert-OH is 1. The summed E-state index contributed by atoms with van der Waals surface area (Å²) in [6, 6.07) is 3.42. The smallest absolute Gasteiger partial charge is 0.299 e. The van der Waals surface area contributed by atoms with Gasteiger partial charge in [-0.05, 0) is 6.07 Å². The van der Waals surface area contributed by atoms with Gasteiger partial charge in [0.1, 0.15) is 5.69 Å². The third kappa shape index (κ3) is 17.6. The Morgan fingerprint density at radius 3 is 1.41 bits per heavy atom. The van der Waals surface area contributed by atoms with Crippen molar-refractivity contribution in [1.82, 2.24) is 0 Å². The zero-order valence-corrected chi connectivity index (χ0v) is 20.9. The lowest BCUT2D eigenvalue weighted by Crippen LogP contribution is -2.15. The fraction of sp³-hybridized carbons (Fsp3) is 0.727. The lowest BCUT2D eigenvalue weighted by atomic mass is 10.2.